The van der Waals surface area contributed by atoms with Gasteiger partial charge in [-0.05, 0) is 18.2 Å². The molecule has 0 spiro atoms. The molecule has 0 atom stereocenters. The van der Waals surface area contributed by atoms with E-state index in [9.17, 15) is 9.18 Å². The summed E-state index contributed by atoms with van der Waals surface area (Å²) < 4.78 is 17.9. The van der Waals surface area contributed by atoms with Crippen LogP contribution in [0.5, 0.6) is 5.75 Å². The molecule has 0 saturated carbocycles. The lowest BCUT2D eigenvalue weighted by Crippen LogP contribution is -2.19. The van der Waals surface area contributed by atoms with Crippen LogP contribution in [0.2, 0.25) is 0 Å². The molecule has 4 heteroatoms. The fourth-order valence-electron chi connectivity index (χ4n) is 1.11. The van der Waals surface area contributed by atoms with Crippen molar-refractivity contribution in [3.8, 4) is 5.75 Å². The minimum atomic E-state index is -0.342. The molecule has 1 rings (SSSR count). The molecule has 14 heavy (non-hydrogen) atoms. The number of halogens is 1. The lowest BCUT2D eigenvalue weighted by Gasteiger charge is -2.08. The molecule has 1 amide bonds. The van der Waals surface area contributed by atoms with Crippen LogP contribution in [0.25, 0.3) is 0 Å². The zero-order valence-corrected chi connectivity index (χ0v) is 8.13. The van der Waals surface area contributed by atoms with Gasteiger partial charge in [-0.3, -0.25) is 4.79 Å². The minimum absolute atomic E-state index is 0.156. The third-order valence-corrected chi connectivity index (χ3v) is 1.77. The maximum Gasteiger partial charge on any atom is 0.217 e. The second kappa shape index (κ2) is 4.60. The largest absolute Gasteiger partial charge is 0.496 e. The van der Waals surface area contributed by atoms with E-state index in [0.717, 1.165) is 0 Å². The molecule has 0 saturated heterocycles. The number of methoxy groups -OCH3 is 1. The Morgan fingerprint density at radius 2 is 2.29 bits per heavy atom. The fraction of sp³-hybridized carbons (Fsp3) is 0.300. The topological polar surface area (TPSA) is 38.3 Å². The highest BCUT2D eigenvalue weighted by Gasteiger charge is 2.04. The monoisotopic (exact) mass is 197 g/mol. The molecular weight excluding hydrogens is 185 g/mol. The molecule has 0 bridgehead atoms. The van der Waals surface area contributed by atoms with Gasteiger partial charge in [0, 0.05) is 19.0 Å². The number of hydrogen-bond acceptors (Lipinski definition) is 2. The van der Waals surface area contributed by atoms with Crippen molar-refractivity contribution in [1.82, 2.24) is 5.32 Å². The molecule has 0 heterocycles. The number of benzene rings is 1. The van der Waals surface area contributed by atoms with Crippen LogP contribution < -0.4 is 10.1 Å². The standard InChI is InChI=1S/C10H12FNO2/c1-7(13)12-6-8-5-9(11)3-4-10(8)14-2/h3-5H,6H2,1-2H3,(H,12,13). The second-order valence-electron chi connectivity index (χ2n) is 2.87. The number of amides is 1. The summed E-state index contributed by atoms with van der Waals surface area (Å²) in [6.45, 7) is 1.68. The molecule has 1 aromatic carbocycles. The quantitative estimate of drug-likeness (QED) is 0.796. The van der Waals surface area contributed by atoms with Gasteiger partial charge in [-0.2, -0.15) is 0 Å². The van der Waals surface area contributed by atoms with E-state index in [4.69, 9.17) is 4.74 Å². The second-order valence-corrected chi connectivity index (χ2v) is 2.87. The molecular formula is C10H12FNO2. The van der Waals surface area contributed by atoms with Gasteiger partial charge in [0.05, 0.1) is 7.11 Å². The summed E-state index contributed by atoms with van der Waals surface area (Å²) in [5.74, 6) is 0.0719. The molecule has 0 fully saturated rings. The molecule has 3 nitrogen and oxygen atoms in total. The SMILES string of the molecule is COc1ccc(F)cc1CNC(C)=O. The van der Waals surface area contributed by atoms with Crippen LogP contribution in [0.15, 0.2) is 18.2 Å². The van der Waals surface area contributed by atoms with Crippen LogP contribution in [-0.2, 0) is 11.3 Å². The Morgan fingerprint density at radius 3 is 2.86 bits per heavy atom. The Bertz CT molecular complexity index is 339. The summed E-state index contributed by atoms with van der Waals surface area (Å²) in [4.78, 5) is 10.7. The number of ether oxygens (including phenoxy) is 1. The number of nitrogens with one attached hydrogen (secondary N) is 1. The summed E-state index contributed by atoms with van der Waals surface area (Å²) in [6, 6.07) is 4.19. The molecule has 1 aromatic rings. The van der Waals surface area contributed by atoms with Crippen molar-refractivity contribution in [3.63, 3.8) is 0 Å². The van der Waals surface area contributed by atoms with Crippen molar-refractivity contribution >= 4 is 5.91 Å². The number of rotatable bonds is 3. The van der Waals surface area contributed by atoms with E-state index in [0.29, 0.717) is 11.3 Å². The predicted molar refractivity (Wildman–Crippen MR) is 50.5 cm³/mol. The first-order chi connectivity index (χ1) is 6.63. The maximum absolute atomic E-state index is 12.8. The molecule has 0 aliphatic heterocycles. The molecule has 0 aliphatic carbocycles. The van der Waals surface area contributed by atoms with Crippen molar-refractivity contribution in [2.24, 2.45) is 0 Å². The maximum atomic E-state index is 12.8. The van der Waals surface area contributed by atoms with Gasteiger partial charge in [0.1, 0.15) is 11.6 Å². The summed E-state index contributed by atoms with van der Waals surface area (Å²) >= 11 is 0. The zero-order chi connectivity index (χ0) is 10.6. The highest BCUT2D eigenvalue weighted by Crippen LogP contribution is 2.18. The average Bonchev–Trinajstić information content (AvgIpc) is 2.15. The van der Waals surface area contributed by atoms with Crippen LogP contribution in [-0.4, -0.2) is 13.0 Å². The smallest absolute Gasteiger partial charge is 0.217 e. The van der Waals surface area contributed by atoms with E-state index in [1.165, 1.54) is 32.2 Å². The molecule has 0 unspecified atom stereocenters. The van der Waals surface area contributed by atoms with Crippen molar-refractivity contribution in [2.45, 2.75) is 13.5 Å². The lowest BCUT2D eigenvalue weighted by atomic mass is 10.2. The van der Waals surface area contributed by atoms with E-state index in [2.05, 4.69) is 5.32 Å². The van der Waals surface area contributed by atoms with Gasteiger partial charge in [0.15, 0.2) is 0 Å². The van der Waals surface area contributed by atoms with Crippen LogP contribution in [0, 0.1) is 5.82 Å². The van der Waals surface area contributed by atoms with Gasteiger partial charge in [-0.1, -0.05) is 0 Å². The molecule has 0 aromatic heterocycles. The first-order valence-corrected chi connectivity index (χ1v) is 4.20. The zero-order valence-electron chi connectivity index (χ0n) is 8.13. The normalized spacial score (nSPS) is 9.64. The fourth-order valence-corrected chi connectivity index (χ4v) is 1.11. The summed E-state index contributed by atoms with van der Waals surface area (Å²) in [5.41, 5.74) is 0.628. The van der Waals surface area contributed by atoms with Gasteiger partial charge in [0.25, 0.3) is 0 Å². The van der Waals surface area contributed by atoms with Gasteiger partial charge >= 0.3 is 0 Å². The van der Waals surface area contributed by atoms with Crippen molar-refractivity contribution in [3.05, 3.63) is 29.6 Å². The Balaban J connectivity index is 2.82. The van der Waals surface area contributed by atoms with Gasteiger partial charge in [-0.15, -0.1) is 0 Å². The number of carbonyl (C=O) groups is 1. The molecule has 1 N–H and O–H groups in total. The highest BCUT2D eigenvalue weighted by atomic mass is 19.1. The number of carbonyl (C=O) groups excluding carboxylic acids is 1. The van der Waals surface area contributed by atoms with Crippen LogP contribution in [0.1, 0.15) is 12.5 Å². The Morgan fingerprint density at radius 1 is 1.57 bits per heavy atom. The lowest BCUT2D eigenvalue weighted by molar-refractivity contribution is -0.119. The highest BCUT2D eigenvalue weighted by molar-refractivity contribution is 5.72. The molecule has 76 valence electrons. The Hall–Kier alpha value is -1.58. The molecule has 0 radical (unpaired) electrons. The van der Waals surface area contributed by atoms with Crippen molar-refractivity contribution < 1.29 is 13.9 Å². The van der Waals surface area contributed by atoms with Crippen molar-refractivity contribution in [1.29, 1.82) is 0 Å². The minimum Gasteiger partial charge on any atom is -0.496 e. The predicted octanol–water partition coefficient (Wildman–Crippen LogP) is 1.47. The summed E-state index contributed by atoms with van der Waals surface area (Å²) in [7, 11) is 1.50. The van der Waals surface area contributed by atoms with Crippen LogP contribution in [0.3, 0.4) is 0 Å². The van der Waals surface area contributed by atoms with Gasteiger partial charge in [0.2, 0.25) is 5.91 Å². The van der Waals surface area contributed by atoms with E-state index < -0.39 is 0 Å². The van der Waals surface area contributed by atoms with E-state index in [-0.39, 0.29) is 18.3 Å². The first kappa shape index (κ1) is 10.5. The summed E-state index contributed by atoms with van der Waals surface area (Å²) in [5, 5.41) is 2.58. The Labute approximate surface area is 81.9 Å². The van der Waals surface area contributed by atoms with Crippen LogP contribution >= 0.6 is 0 Å². The molecule has 0 aliphatic rings. The van der Waals surface area contributed by atoms with Gasteiger partial charge < -0.3 is 10.1 Å². The first-order valence-electron chi connectivity index (χ1n) is 4.20. The van der Waals surface area contributed by atoms with Crippen LogP contribution in [0.4, 0.5) is 4.39 Å². The van der Waals surface area contributed by atoms with E-state index in [1.807, 2.05) is 0 Å². The van der Waals surface area contributed by atoms with Gasteiger partial charge in [-0.25, -0.2) is 4.39 Å². The Kier molecular flexibility index (Phi) is 3.45. The van der Waals surface area contributed by atoms with E-state index in [1.54, 1.807) is 0 Å². The van der Waals surface area contributed by atoms with E-state index >= 15 is 0 Å². The van der Waals surface area contributed by atoms with Crippen molar-refractivity contribution in [2.75, 3.05) is 7.11 Å². The third-order valence-electron chi connectivity index (χ3n) is 1.77. The average molecular weight is 197 g/mol. The number of hydrogen-bond donors (Lipinski definition) is 1. The third kappa shape index (κ3) is 2.73. The summed E-state index contributed by atoms with van der Waals surface area (Å²) in [6.07, 6.45) is 0.